The summed E-state index contributed by atoms with van der Waals surface area (Å²) in [4.78, 5) is 2.09. The lowest BCUT2D eigenvalue weighted by Gasteiger charge is -2.23. The van der Waals surface area contributed by atoms with Gasteiger partial charge in [-0.1, -0.05) is 13.3 Å². The van der Waals surface area contributed by atoms with Gasteiger partial charge in [0.2, 0.25) is 0 Å². The van der Waals surface area contributed by atoms with Gasteiger partial charge in [-0.3, -0.25) is 0 Å². The average Bonchev–Trinajstić information content (AvgIpc) is 2.29. The van der Waals surface area contributed by atoms with E-state index in [1.165, 1.54) is 12.1 Å². The highest BCUT2D eigenvalue weighted by molar-refractivity contribution is 5.51. The molecule has 3 heteroatoms. The van der Waals surface area contributed by atoms with Gasteiger partial charge in [0.15, 0.2) is 0 Å². The number of nitrogens with zero attached hydrogens (tertiary/aromatic N) is 2. The number of rotatable bonds is 5. The number of hydrogen-bond acceptors (Lipinski definition) is 2. The second kappa shape index (κ2) is 6.12. The van der Waals surface area contributed by atoms with Crippen LogP contribution in [0.2, 0.25) is 0 Å². The highest BCUT2D eigenvalue weighted by atomic mass is 19.1. The molecule has 0 aromatic heterocycles. The van der Waals surface area contributed by atoms with E-state index in [-0.39, 0.29) is 5.82 Å². The summed E-state index contributed by atoms with van der Waals surface area (Å²) in [6.07, 6.45) is 2.18. The molecule has 0 radical (unpaired) electrons. The van der Waals surface area contributed by atoms with E-state index in [2.05, 4.69) is 11.8 Å². The molecule has 0 aliphatic heterocycles. The molecular weight excluding hydrogens is 203 g/mol. The predicted molar refractivity (Wildman–Crippen MR) is 63.9 cm³/mol. The molecule has 0 heterocycles. The predicted octanol–water partition coefficient (Wildman–Crippen LogP) is 3.32. The van der Waals surface area contributed by atoms with E-state index in [1.807, 2.05) is 13.0 Å². The van der Waals surface area contributed by atoms with Crippen molar-refractivity contribution in [1.82, 2.24) is 0 Å². The largest absolute Gasteiger partial charge is 0.372 e. The third kappa shape index (κ3) is 3.23. The van der Waals surface area contributed by atoms with Crippen LogP contribution in [-0.4, -0.2) is 13.1 Å². The van der Waals surface area contributed by atoms with Gasteiger partial charge in [0.1, 0.15) is 5.82 Å². The van der Waals surface area contributed by atoms with Gasteiger partial charge in [0.05, 0.1) is 11.6 Å². The molecule has 0 fully saturated rings. The zero-order valence-corrected chi connectivity index (χ0v) is 9.83. The van der Waals surface area contributed by atoms with Crippen molar-refractivity contribution in [2.45, 2.75) is 26.7 Å². The average molecular weight is 220 g/mol. The molecule has 0 bridgehead atoms. The minimum Gasteiger partial charge on any atom is -0.372 e. The zero-order valence-electron chi connectivity index (χ0n) is 9.83. The van der Waals surface area contributed by atoms with Crippen molar-refractivity contribution < 1.29 is 4.39 Å². The fraction of sp³-hybridized carbons (Fsp3) is 0.462. The first kappa shape index (κ1) is 12.5. The Labute approximate surface area is 96.3 Å². The Morgan fingerprint density at radius 2 is 2.06 bits per heavy atom. The molecule has 0 aliphatic carbocycles. The summed E-state index contributed by atoms with van der Waals surface area (Å²) in [5.74, 6) is -0.344. The van der Waals surface area contributed by atoms with Crippen LogP contribution >= 0.6 is 0 Å². The van der Waals surface area contributed by atoms with E-state index < -0.39 is 0 Å². The van der Waals surface area contributed by atoms with Crippen LogP contribution in [0.4, 0.5) is 10.1 Å². The first-order chi connectivity index (χ1) is 7.71. The summed E-state index contributed by atoms with van der Waals surface area (Å²) in [5.41, 5.74) is 1.18. The first-order valence-corrected chi connectivity index (χ1v) is 5.66. The number of halogens is 1. The van der Waals surface area contributed by atoms with Crippen molar-refractivity contribution >= 4 is 5.69 Å². The number of benzene rings is 1. The molecule has 1 aromatic rings. The lowest BCUT2D eigenvalue weighted by molar-refractivity contribution is 0.625. The molecule has 1 rings (SSSR count). The Morgan fingerprint density at radius 1 is 1.31 bits per heavy atom. The highest BCUT2D eigenvalue weighted by Crippen LogP contribution is 2.18. The molecule has 0 saturated carbocycles. The maximum absolute atomic E-state index is 13.3. The van der Waals surface area contributed by atoms with Crippen molar-refractivity contribution in [1.29, 1.82) is 5.26 Å². The van der Waals surface area contributed by atoms with E-state index in [0.717, 1.165) is 31.6 Å². The molecule has 0 N–H and O–H groups in total. The second-order valence-electron chi connectivity index (χ2n) is 3.74. The van der Waals surface area contributed by atoms with Crippen LogP contribution in [0, 0.1) is 17.1 Å². The molecule has 2 nitrogen and oxygen atoms in total. The van der Waals surface area contributed by atoms with Gasteiger partial charge in [0, 0.05) is 18.8 Å². The van der Waals surface area contributed by atoms with Crippen LogP contribution in [-0.2, 0) is 0 Å². The summed E-state index contributed by atoms with van der Waals surface area (Å²) in [6.45, 7) is 5.89. The quantitative estimate of drug-likeness (QED) is 0.761. The summed E-state index contributed by atoms with van der Waals surface area (Å²) < 4.78 is 13.3. The van der Waals surface area contributed by atoms with Crippen LogP contribution < -0.4 is 4.90 Å². The zero-order chi connectivity index (χ0) is 12.0. The summed E-state index contributed by atoms with van der Waals surface area (Å²) >= 11 is 0. The standard InChI is InChI=1S/C13H17FN2/c1-3-5-6-16(4-2)13-8-11(10-15)7-12(14)9-13/h7-9H,3-6H2,1-2H3. The summed E-state index contributed by atoms with van der Waals surface area (Å²) in [5, 5.41) is 8.78. The second-order valence-corrected chi connectivity index (χ2v) is 3.74. The molecule has 86 valence electrons. The Bertz CT molecular complexity index is 382. The van der Waals surface area contributed by atoms with Crippen molar-refractivity contribution in [3.8, 4) is 6.07 Å². The fourth-order valence-electron chi connectivity index (χ4n) is 1.64. The molecule has 0 amide bonds. The monoisotopic (exact) mass is 220 g/mol. The highest BCUT2D eigenvalue weighted by Gasteiger charge is 2.06. The van der Waals surface area contributed by atoms with Gasteiger partial charge in [-0.2, -0.15) is 5.26 Å². The van der Waals surface area contributed by atoms with Crippen LogP contribution in [0.15, 0.2) is 18.2 Å². The van der Waals surface area contributed by atoms with Crippen molar-refractivity contribution in [2.24, 2.45) is 0 Å². The van der Waals surface area contributed by atoms with Crippen molar-refractivity contribution in [3.63, 3.8) is 0 Å². The topological polar surface area (TPSA) is 27.0 Å². The third-order valence-corrected chi connectivity index (χ3v) is 2.54. The molecule has 1 aromatic carbocycles. The summed E-state index contributed by atoms with van der Waals surface area (Å²) in [6, 6.07) is 6.46. The molecule has 0 spiro atoms. The minimum atomic E-state index is -0.344. The van der Waals surface area contributed by atoms with Gasteiger partial charge in [-0.15, -0.1) is 0 Å². The smallest absolute Gasteiger partial charge is 0.126 e. The first-order valence-electron chi connectivity index (χ1n) is 5.66. The van der Waals surface area contributed by atoms with Crippen LogP contribution in [0.3, 0.4) is 0 Å². The maximum atomic E-state index is 13.3. The van der Waals surface area contributed by atoms with Gasteiger partial charge < -0.3 is 4.90 Å². The van der Waals surface area contributed by atoms with Crippen molar-refractivity contribution in [3.05, 3.63) is 29.6 Å². The SMILES string of the molecule is CCCCN(CC)c1cc(F)cc(C#N)c1. The van der Waals surface area contributed by atoms with Crippen LogP contribution in [0.1, 0.15) is 32.3 Å². The van der Waals surface area contributed by atoms with E-state index in [0.29, 0.717) is 5.56 Å². The number of nitriles is 1. The fourth-order valence-corrected chi connectivity index (χ4v) is 1.64. The van der Waals surface area contributed by atoms with E-state index in [4.69, 9.17) is 5.26 Å². The maximum Gasteiger partial charge on any atom is 0.126 e. The van der Waals surface area contributed by atoms with Gasteiger partial charge in [-0.25, -0.2) is 4.39 Å². The lowest BCUT2D eigenvalue weighted by Crippen LogP contribution is -2.23. The number of unbranched alkanes of at least 4 members (excludes halogenated alkanes) is 1. The van der Waals surface area contributed by atoms with Gasteiger partial charge >= 0.3 is 0 Å². The molecule has 0 saturated heterocycles. The molecule has 16 heavy (non-hydrogen) atoms. The van der Waals surface area contributed by atoms with Gasteiger partial charge in [0.25, 0.3) is 0 Å². The normalized spacial score (nSPS) is 9.88. The Hall–Kier alpha value is -1.56. The van der Waals surface area contributed by atoms with Crippen LogP contribution in [0.5, 0.6) is 0 Å². The Balaban J connectivity index is 2.91. The molecule has 0 aliphatic rings. The van der Waals surface area contributed by atoms with Crippen molar-refractivity contribution in [2.75, 3.05) is 18.0 Å². The molecular formula is C13H17FN2. The Morgan fingerprint density at radius 3 is 2.62 bits per heavy atom. The third-order valence-electron chi connectivity index (χ3n) is 2.54. The summed E-state index contributed by atoms with van der Waals surface area (Å²) in [7, 11) is 0. The molecule has 0 atom stereocenters. The van der Waals surface area contributed by atoms with Gasteiger partial charge in [-0.05, 0) is 31.5 Å². The lowest BCUT2D eigenvalue weighted by atomic mass is 10.2. The van der Waals surface area contributed by atoms with E-state index in [9.17, 15) is 4.39 Å². The Kier molecular flexibility index (Phi) is 4.78. The number of hydrogen-bond donors (Lipinski definition) is 0. The van der Waals surface area contributed by atoms with E-state index >= 15 is 0 Å². The van der Waals surface area contributed by atoms with E-state index in [1.54, 1.807) is 6.07 Å². The number of anilines is 1. The molecule has 0 unspecified atom stereocenters. The van der Waals surface area contributed by atoms with Crippen LogP contribution in [0.25, 0.3) is 0 Å². The minimum absolute atomic E-state index is 0.344.